The third kappa shape index (κ3) is 2.40. The fraction of sp³-hybridized carbons (Fsp3) is 0.273. The van der Waals surface area contributed by atoms with Gasteiger partial charge in [0.1, 0.15) is 5.75 Å². The van der Waals surface area contributed by atoms with Gasteiger partial charge in [-0.1, -0.05) is 11.6 Å². The first-order chi connectivity index (χ1) is 8.11. The van der Waals surface area contributed by atoms with Crippen molar-refractivity contribution in [3.05, 3.63) is 29.1 Å². The van der Waals surface area contributed by atoms with Crippen LogP contribution in [0.1, 0.15) is 18.9 Å². The minimum absolute atomic E-state index is 0.0349. The van der Waals surface area contributed by atoms with Crippen molar-refractivity contribution >= 4 is 11.6 Å². The van der Waals surface area contributed by atoms with Crippen LogP contribution in [-0.4, -0.2) is 22.4 Å². The summed E-state index contributed by atoms with van der Waals surface area (Å²) in [6.07, 6.45) is 0. The SMILES string of the molecule is CNC(C)c1nnc(-c2cc(O)ccc2Cl)o1. The molecule has 1 aromatic heterocycles. The number of aromatic hydroxyl groups is 1. The average molecular weight is 254 g/mol. The number of rotatable bonds is 3. The zero-order chi connectivity index (χ0) is 12.4. The quantitative estimate of drug-likeness (QED) is 0.879. The molecule has 90 valence electrons. The van der Waals surface area contributed by atoms with Gasteiger partial charge in [-0.2, -0.15) is 0 Å². The van der Waals surface area contributed by atoms with E-state index in [0.29, 0.717) is 22.4 Å². The predicted octanol–water partition coefficient (Wildman–Crippen LogP) is 2.38. The van der Waals surface area contributed by atoms with Crippen molar-refractivity contribution in [2.45, 2.75) is 13.0 Å². The third-order valence-electron chi connectivity index (χ3n) is 2.42. The molecule has 0 spiro atoms. The van der Waals surface area contributed by atoms with Crippen LogP contribution >= 0.6 is 11.6 Å². The molecule has 2 N–H and O–H groups in total. The summed E-state index contributed by atoms with van der Waals surface area (Å²) in [5.74, 6) is 0.871. The second kappa shape index (κ2) is 4.73. The van der Waals surface area contributed by atoms with Crippen LogP contribution in [-0.2, 0) is 0 Å². The molecule has 0 radical (unpaired) electrons. The second-order valence-electron chi connectivity index (χ2n) is 3.62. The Labute approximate surface area is 103 Å². The molecule has 0 aliphatic heterocycles. The van der Waals surface area contributed by atoms with Gasteiger partial charge in [0.15, 0.2) is 0 Å². The van der Waals surface area contributed by atoms with E-state index >= 15 is 0 Å². The maximum absolute atomic E-state index is 9.40. The van der Waals surface area contributed by atoms with E-state index in [2.05, 4.69) is 15.5 Å². The first-order valence-corrected chi connectivity index (χ1v) is 5.49. The first kappa shape index (κ1) is 11.9. The molecule has 2 rings (SSSR count). The fourth-order valence-corrected chi connectivity index (χ4v) is 1.52. The number of hydrogen-bond acceptors (Lipinski definition) is 5. The number of phenolic OH excluding ortho intramolecular Hbond substituents is 1. The summed E-state index contributed by atoms with van der Waals surface area (Å²) < 4.78 is 5.48. The molecule has 2 aromatic rings. The molecule has 5 nitrogen and oxygen atoms in total. The van der Waals surface area contributed by atoms with Gasteiger partial charge in [-0.15, -0.1) is 10.2 Å². The van der Waals surface area contributed by atoms with Gasteiger partial charge in [-0.25, -0.2) is 0 Å². The van der Waals surface area contributed by atoms with Crippen LogP contribution < -0.4 is 5.32 Å². The van der Waals surface area contributed by atoms with Crippen molar-refractivity contribution in [1.29, 1.82) is 0 Å². The number of hydrogen-bond donors (Lipinski definition) is 2. The molecular formula is C11H12ClN3O2. The van der Waals surface area contributed by atoms with Crippen molar-refractivity contribution in [3.63, 3.8) is 0 Å². The Kier molecular flexibility index (Phi) is 3.31. The molecular weight excluding hydrogens is 242 g/mol. The summed E-state index contributed by atoms with van der Waals surface area (Å²) in [5.41, 5.74) is 0.522. The van der Waals surface area contributed by atoms with E-state index in [4.69, 9.17) is 16.0 Å². The largest absolute Gasteiger partial charge is 0.508 e. The lowest BCUT2D eigenvalue weighted by Crippen LogP contribution is -2.12. The van der Waals surface area contributed by atoms with E-state index in [9.17, 15) is 5.11 Å². The first-order valence-electron chi connectivity index (χ1n) is 5.11. The molecule has 1 atom stereocenters. The van der Waals surface area contributed by atoms with Crippen LogP contribution in [0.5, 0.6) is 5.75 Å². The lowest BCUT2D eigenvalue weighted by atomic mass is 10.2. The molecule has 0 bridgehead atoms. The Bertz CT molecular complexity index is 527. The number of phenols is 1. The van der Waals surface area contributed by atoms with Gasteiger partial charge in [0.2, 0.25) is 11.8 Å². The maximum atomic E-state index is 9.40. The molecule has 0 aliphatic carbocycles. The summed E-state index contributed by atoms with van der Waals surface area (Å²) in [6, 6.07) is 4.54. The van der Waals surface area contributed by atoms with E-state index < -0.39 is 0 Å². The molecule has 0 amide bonds. The monoisotopic (exact) mass is 253 g/mol. The van der Waals surface area contributed by atoms with Gasteiger partial charge >= 0.3 is 0 Å². The highest BCUT2D eigenvalue weighted by molar-refractivity contribution is 6.33. The third-order valence-corrected chi connectivity index (χ3v) is 2.75. The average Bonchev–Trinajstić information content (AvgIpc) is 2.80. The van der Waals surface area contributed by atoms with Crippen LogP contribution in [0, 0.1) is 0 Å². The van der Waals surface area contributed by atoms with Crippen LogP contribution in [0.3, 0.4) is 0 Å². The summed E-state index contributed by atoms with van der Waals surface area (Å²) in [5, 5.41) is 20.7. The van der Waals surface area contributed by atoms with E-state index in [1.165, 1.54) is 12.1 Å². The minimum atomic E-state index is -0.0349. The molecule has 0 fully saturated rings. The zero-order valence-corrected chi connectivity index (χ0v) is 10.2. The van der Waals surface area contributed by atoms with E-state index in [-0.39, 0.29) is 11.8 Å². The summed E-state index contributed by atoms with van der Waals surface area (Å²) >= 11 is 6.00. The van der Waals surface area contributed by atoms with E-state index in [1.54, 1.807) is 13.1 Å². The lowest BCUT2D eigenvalue weighted by Gasteiger charge is -2.03. The number of nitrogens with zero attached hydrogens (tertiary/aromatic N) is 2. The zero-order valence-electron chi connectivity index (χ0n) is 9.44. The fourth-order valence-electron chi connectivity index (χ4n) is 1.32. The van der Waals surface area contributed by atoms with Crippen LogP contribution in [0.2, 0.25) is 5.02 Å². The van der Waals surface area contributed by atoms with Crippen molar-refractivity contribution in [3.8, 4) is 17.2 Å². The number of benzene rings is 1. The van der Waals surface area contributed by atoms with Crippen molar-refractivity contribution in [2.75, 3.05) is 7.05 Å². The van der Waals surface area contributed by atoms with E-state index in [1.807, 2.05) is 6.92 Å². The normalized spacial score (nSPS) is 12.6. The standard InChI is InChI=1S/C11H12ClN3O2/c1-6(13-2)10-14-15-11(17-10)8-5-7(16)3-4-9(8)12/h3-6,13,16H,1-2H3. The highest BCUT2D eigenvalue weighted by atomic mass is 35.5. The highest BCUT2D eigenvalue weighted by Gasteiger charge is 2.15. The van der Waals surface area contributed by atoms with Crippen LogP contribution in [0.4, 0.5) is 0 Å². The van der Waals surface area contributed by atoms with Gasteiger partial charge in [0, 0.05) is 0 Å². The number of halogens is 1. The summed E-state index contributed by atoms with van der Waals surface area (Å²) in [7, 11) is 1.80. The maximum Gasteiger partial charge on any atom is 0.249 e. The Morgan fingerprint density at radius 2 is 2.18 bits per heavy atom. The Morgan fingerprint density at radius 3 is 2.88 bits per heavy atom. The van der Waals surface area contributed by atoms with Crippen molar-refractivity contribution in [2.24, 2.45) is 0 Å². The molecule has 1 aromatic carbocycles. The van der Waals surface area contributed by atoms with Gasteiger partial charge in [0.05, 0.1) is 16.6 Å². The molecule has 0 saturated heterocycles. The van der Waals surface area contributed by atoms with Crippen molar-refractivity contribution in [1.82, 2.24) is 15.5 Å². The Balaban J connectivity index is 2.40. The molecule has 17 heavy (non-hydrogen) atoms. The Hall–Kier alpha value is -1.59. The van der Waals surface area contributed by atoms with Gasteiger partial charge < -0.3 is 14.8 Å². The molecule has 1 heterocycles. The number of nitrogens with one attached hydrogen (secondary N) is 1. The second-order valence-corrected chi connectivity index (χ2v) is 4.03. The highest BCUT2D eigenvalue weighted by Crippen LogP contribution is 2.30. The molecule has 6 heteroatoms. The molecule has 1 unspecified atom stereocenters. The number of aromatic nitrogens is 2. The van der Waals surface area contributed by atoms with Gasteiger partial charge in [-0.05, 0) is 32.2 Å². The summed E-state index contributed by atoms with van der Waals surface area (Å²) in [6.45, 7) is 1.90. The van der Waals surface area contributed by atoms with Crippen molar-refractivity contribution < 1.29 is 9.52 Å². The predicted molar refractivity (Wildman–Crippen MR) is 63.9 cm³/mol. The topological polar surface area (TPSA) is 71.2 Å². The van der Waals surface area contributed by atoms with Gasteiger partial charge in [-0.3, -0.25) is 0 Å². The van der Waals surface area contributed by atoms with Crippen LogP contribution in [0.25, 0.3) is 11.5 Å². The summed E-state index contributed by atoms with van der Waals surface area (Å²) in [4.78, 5) is 0. The van der Waals surface area contributed by atoms with Gasteiger partial charge in [0.25, 0.3) is 0 Å². The Morgan fingerprint density at radius 1 is 1.41 bits per heavy atom. The molecule has 0 aliphatic rings. The minimum Gasteiger partial charge on any atom is -0.508 e. The lowest BCUT2D eigenvalue weighted by molar-refractivity contribution is 0.440. The van der Waals surface area contributed by atoms with E-state index in [0.717, 1.165) is 0 Å². The smallest absolute Gasteiger partial charge is 0.249 e. The van der Waals surface area contributed by atoms with Crippen LogP contribution in [0.15, 0.2) is 22.6 Å². The molecule has 0 saturated carbocycles.